The maximum absolute atomic E-state index is 15.1. The molecule has 2 atom stereocenters. The molecule has 0 heterocycles. The smallest absolute Gasteiger partial charge is 0.264 e. The highest BCUT2D eigenvalue weighted by atomic mass is 32.2. The van der Waals surface area contributed by atoms with E-state index in [1.54, 1.807) is 42.5 Å². The number of benzene rings is 4. The number of sulfonamides is 1. The fraction of sp³-hybridized carbons (Fsp3) is 0.297. The maximum Gasteiger partial charge on any atom is 0.264 e. The fourth-order valence-corrected chi connectivity index (χ4v) is 6.46. The normalized spacial score (nSPS) is 12.7. The van der Waals surface area contributed by atoms with E-state index in [0.717, 1.165) is 26.6 Å². The number of rotatable bonds is 13. The van der Waals surface area contributed by atoms with Gasteiger partial charge in [-0.1, -0.05) is 79.2 Å². The third-order valence-corrected chi connectivity index (χ3v) is 10.0. The lowest BCUT2D eigenvalue weighted by molar-refractivity contribution is -0.140. The summed E-state index contributed by atoms with van der Waals surface area (Å²) in [5, 5.41) is 2.99. The molecular formula is C37H42FN3O4S. The molecule has 1 N–H and O–H groups in total. The van der Waals surface area contributed by atoms with E-state index in [-0.39, 0.29) is 29.5 Å². The number of nitrogens with one attached hydrogen (secondary N) is 1. The Bertz CT molecular complexity index is 1760. The predicted octanol–water partition coefficient (Wildman–Crippen LogP) is 6.50. The predicted molar refractivity (Wildman–Crippen MR) is 180 cm³/mol. The lowest BCUT2D eigenvalue weighted by Crippen LogP contribution is -2.54. The van der Waals surface area contributed by atoms with Crippen molar-refractivity contribution in [3.8, 4) is 0 Å². The molecule has 0 unspecified atom stereocenters. The van der Waals surface area contributed by atoms with Crippen LogP contribution in [0.1, 0.15) is 48.1 Å². The topological polar surface area (TPSA) is 86.8 Å². The van der Waals surface area contributed by atoms with Gasteiger partial charge in [0.15, 0.2) is 0 Å². The first kappa shape index (κ1) is 34.4. The van der Waals surface area contributed by atoms with E-state index in [2.05, 4.69) is 5.32 Å². The molecule has 4 rings (SSSR count). The van der Waals surface area contributed by atoms with Crippen molar-refractivity contribution in [2.45, 2.75) is 71.0 Å². The Morgan fingerprint density at radius 1 is 0.848 bits per heavy atom. The van der Waals surface area contributed by atoms with Gasteiger partial charge < -0.3 is 10.2 Å². The summed E-state index contributed by atoms with van der Waals surface area (Å²) in [6, 6.07) is 25.7. The standard InChI is InChI=1S/C37H42FN3O4S/c1-6-29(5)39-37(43)35(23-30-12-8-7-9-13-30)40(24-31-14-10-11-15-34(31)38)36(42)25-41(32-19-18-27(3)28(4)22-32)46(44,45)33-20-16-26(2)17-21-33/h7-22,29,35H,6,23-25H2,1-5H3,(H,39,43)/t29-,35+/m1/s1. The summed E-state index contributed by atoms with van der Waals surface area (Å²) >= 11 is 0. The molecule has 0 aromatic heterocycles. The summed E-state index contributed by atoms with van der Waals surface area (Å²) in [6.45, 7) is 8.63. The van der Waals surface area contributed by atoms with E-state index in [1.165, 1.54) is 23.1 Å². The SMILES string of the molecule is CC[C@@H](C)NC(=O)[C@H](Cc1ccccc1)N(Cc1ccccc1F)C(=O)CN(c1ccc(C)c(C)c1)S(=O)(=O)c1ccc(C)cc1. The van der Waals surface area contributed by atoms with E-state index in [4.69, 9.17) is 0 Å². The Morgan fingerprint density at radius 3 is 2.13 bits per heavy atom. The van der Waals surface area contributed by atoms with Gasteiger partial charge in [0.2, 0.25) is 11.8 Å². The summed E-state index contributed by atoms with van der Waals surface area (Å²) in [6.07, 6.45) is 0.818. The minimum atomic E-state index is -4.23. The molecule has 0 spiro atoms. The van der Waals surface area contributed by atoms with Crippen molar-refractivity contribution < 1.29 is 22.4 Å². The Morgan fingerprint density at radius 2 is 1.50 bits per heavy atom. The van der Waals surface area contributed by atoms with Gasteiger partial charge in [-0.2, -0.15) is 0 Å². The van der Waals surface area contributed by atoms with Crippen LogP contribution in [0, 0.1) is 26.6 Å². The van der Waals surface area contributed by atoms with Crippen LogP contribution < -0.4 is 9.62 Å². The monoisotopic (exact) mass is 643 g/mol. The number of hydrogen-bond donors (Lipinski definition) is 1. The van der Waals surface area contributed by atoms with Crippen LogP contribution in [0.15, 0.2) is 102 Å². The number of carbonyl (C=O) groups excluding carboxylic acids is 2. The maximum atomic E-state index is 15.1. The largest absolute Gasteiger partial charge is 0.352 e. The second kappa shape index (κ2) is 15.2. The van der Waals surface area contributed by atoms with Gasteiger partial charge in [0, 0.05) is 24.6 Å². The molecule has 0 aliphatic heterocycles. The van der Waals surface area contributed by atoms with Crippen LogP contribution in [0.3, 0.4) is 0 Å². The lowest BCUT2D eigenvalue weighted by atomic mass is 10.0. The van der Waals surface area contributed by atoms with Crippen molar-refractivity contribution in [1.82, 2.24) is 10.2 Å². The van der Waals surface area contributed by atoms with Gasteiger partial charge in [-0.05, 0) is 81.1 Å². The third-order valence-electron chi connectivity index (χ3n) is 8.24. The molecule has 242 valence electrons. The van der Waals surface area contributed by atoms with Gasteiger partial charge in [0.1, 0.15) is 18.4 Å². The second-order valence-electron chi connectivity index (χ2n) is 11.7. The van der Waals surface area contributed by atoms with Crippen molar-refractivity contribution in [3.63, 3.8) is 0 Å². The Balaban J connectivity index is 1.83. The summed E-state index contributed by atoms with van der Waals surface area (Å²) in [4.78, 5) is 29.8. The molecule has 0 aliphatic rings. The highest BCUT2D eigenvalue weighted by Gasteiger charge is 2.35. The summed E-state index contributed by atoms with van der Waals surface area (Å²) in [7, 11) is -4.23. The van der Waals surface area contributed by atoms with Crippen LogP contribution in [-0.2, 0) is 32.6 Å². The molecular weight excluding hydrogens is 601 g/mol. The van der Waals surface area contributed by atoms with Gasteiger partial charge >= 0.3 is 0 Å². The second-order valence-corrected chi connectivity index (χ2v) is 13.6. The number of aryl methyl sites for hydroxylation is 3. The van der Waals surface area contributed by atoms with Gasteiger partial charge in [-0.15, -0.1) is 0 Å². The highest BCUT2D eigenvalue weighted by molar-refractivity contribution is 7.92. The Kier molecular flexibility index (Phi) is 11.4. The number of nitrogens with zero attached hydrogens (tertiary/aromatic N) is 2. The van der Waals surface area contributed by atoms with Crippen molar-refractivity contribution in [2.24, 2.45) is 0 Å². The van der Waals surface area contributed by atoms with Crippen LogP contribution in [0.5, 0.6) is 0 Å². The van der Waals surface area contributed by atoms with E-state index in [0.29, 0.717) is 12.1 Å². The molecule has 0 radical (unpaired) electrons. The van der Waals surface area contributed by atoms with Crippen LogP contribution >= 0.6 is 0 Å². The van der Waals surface area contributed by atoms with Crippen LogP contribution in [-0.4, -0.2) is 43.8 Å². The van der Waals surface area contributed by atoms with Crippen molar-refractivity contribution >= 4 is 27.5 Å². The minimum Gasteiger partial charge on any atom is -0.352 e. The molecule has 0 aliphatic carbocycles. The van der Waals surface area contributed by atoms with Crippen LogP contribution in [0.25, 0.3) is 0 Å². The zero-order valence-corrected chi connectivity index (χ0v) is 27.9. The number of hydrogen-bond acceptors (Lipinski definition) is 4. The van der Waals surface area contributed by atoms with Crippen molar-refractivity contribution in [1.29, 1.82) is 0 Å². The average molecular weight is 644 g/mol. The molecule has 4 aromatic carbocycles. The van der Waals surface area contributed by atoms with E-state index in [1.807, 2.05) is 71.0 Å². The highest BCUT2D eigenvalue weighted by Crippen LogP contribution is 2.27. The zero-order valence-electron chi connectivity index (χ0n) is 27.0. The number of anilines is 1. The molecule has 0 fully saturated rings. The molecule has 46 heavy (non-hydrogen) atoms. The first-order chi connectivity index (χ1) is 21.9. The van der Waals surface area contributed by atoms with E-state index >= 15 is 4.39 Å². The first-order valence-corrected chi connectivity index (χ1v) is 16.9. The van der Waals surface area contributed by atoms with Crippen LogP contribution in [0.2, 0.25) is 0 Å². The fourth-order valence-electron chi connectivity index (χ4n) is 5.05. The molecule has 7 nitrogen and oxygen atoms in total. The van der Waals surface area contributed by atoms with Gasteiger partial charge in [0.25, 0.3) is 10.0 Å². The minimum absolute atomic E-state index is 0.0279. The first-order valence-electron chi connectivity index (χ1n) is 15.4. The Labute approximate surface area is 272 Å². The van der Waals surface area contributed by atoms with E-state index < -0.39 is 40.2 Å². The number of halogens is 1. The van der Waals surface area contributed by atoms with Crippen molar-refractivity contribution in [2.75, 3.05) is 10.8 Å². The van der Waals surface area contributed by atoms with Gasteiger partial charge in [-0.3, -0.25) is 13.9 Å². The summed E-state index contributed by atoms with van der Waals surface area (Å²) in [5.74, 6) is -1.57. The number of amides is 2. The van der Waals surface area contributed by atoms with Gasteiger partial charge in [-0.25, -0.2) is 12.8 Å². The van der Waals surface area contributed by atoms with Gasteiger partial charge in [0.05, 0.1) is 10.6 Å². The third kappa shape index (κ3) is 8.40. The lowest BCUT2D eigenvalue weighted by Gasteiger charge is -2.34. The van der Waals surface area contributed by atoms with Crippen molar-refractivity contribution in [3.05, 3.63) is 131 Å². The average Bonchev–Trinajstić information content (AvgIpc) is 3.04. The summed E-state index contributed by atoms with van der Waals surface area (Å²) < 4.78 is 44.6. The van der Waals surface area contributed by atoms with Crippen LogP contribution in [0.4, 0.5) is 10.1 Å². The van der Waals surface area contributed by atoms with E-state index in [9.17, 15) is 18.0 Å². The quantitative estimate of drug-likeness (QED) is 0.180. The Hall–Kier alpha value is -4.50. The zero-order chi connectivity index (χ0) is 33.4. The molecule has 0 saturated heterocycles. The number of carbonyl (C=O) groups is 2. The molecule has 0 saturated carbocycles. The summed E-state index contributed by atoms with van der Waals surface area (Å²) in [5.41, 5.74) is 4.04. The molecule has 2 amide bonds. The molecule has 4 aromatic rings. The molecule has 0 bridgehead atoms. The molecule has 9 heteroatoms.